The van der Waals surface area contributed by atoms with Crippen LogP contribution in [0.25, 0.3) is 0 Å². The minimum Gasteiger partial charge on any atom is -0.383 e. The van der Waals surface area contributed by atoms with Crippen LogP contribution in [0.15, 0.2) is 30.6 Å². The van der Waals surface area contributed by atoms with Crippen LogP contribution in [0.3, 0.4) is 0 Å². The quantitative estimate of drug-likeness (QED) is 0.911. The third-order valence-electron chi connectivity index (χ3n) is 2.32. The zero-order valence-corrected chi connectivity index (χ0v) is 10.4. The first-order chi connectivity index (χ1) is 8.39. The number of nitrogens with zero attached hydrogens (tertiary/aromatic N) is 1. The van der Waals surface area contributed by atoms with Crippen LogP contribution >= 0.6 is 22.9 Å². The number of aliphatic hydroxyl groups is 1. The SMILES string of the molecule is OC(c1ccc(Cl)s1)c1cnccc1C(F)(F)F. The molecular weight excluding hydrogens is 287 g/mol. The van der Waals surface area contributed by atoms with Crippen molar-refractivity contribution in [1.29, 1.82) is 0 Å². The van der Waals surface area contributed by atoms with Gasteiger partial charge in [-0.05, 0) is 18.2 Å². The maximum Gasteiger partial charge on any atom is 0.416 e. The van der Waals surface area contributed by atoms with Crippen LogP contribution in [0.1, 0.15) is 22.1 Å². The summed E-state index contributed by atoms with van der Waals surface area (Å²) in [6.07, 6.45) is -3.85. The van der Waals surface area contributed by atoms with Gasteiger partial charge >= 0.3 is 6.18 Å². The van der Waals surface area contributed by atoms with E-state index in [1.54, 1.807) is 0 Å². The Morgan fingerprint density at radius 3 is 2.56 bits per heavy atom. The second-order valence-corrected chi connectivity index (χ2v) is 5.25. The standard InChI is InChI=1S/C11H7ClF3NOS/c12-9-2-1-8(18-9)10(17)6-5-16-4-3-7(6)11(13,14)15/h1-5,10,17H. The Labute approximate surface area is 110 Å². The van der Waals surface area contributed by atoms with Crippen molar-refractivity contribution in [2.75, 3.05) is 0 Å². The molecule has 0 aliphatic heterocycles. The first kappa shape index (κ1) is 13.3. The van der Waals surface area contributed by atoms with E-state index in [-0.39, 0.29) is 5.56 Å². The zero-order valence-electron chi connectivity index (χ0n) is 8.78. The molecule has 1 atom stereocenters. The summed E-state index contributed by atoms with van der Waals surface area (Å²) in [4.78, 5) is 3.97. The summed E-state index contributed by atoms with van der Waals surface area (Å²) in [6.45, 7) is 0. The van der Waals surface area contributed by atoms with Gasteiger partial charge in [0.05, 0.1) is 9.90 Å². The van der Waals surface area contributed by atoms with E-state index in [9.17, 15) is 18.3 Å². The van der Waals surface area contributed by atoms with Crippen LogP contribution < -0.4 is 0 Å². The Bertz CT molecular complexity index is 555. The van der Waals surface area contributed by atoms with Crippen LogP contribution in [-0.2, 0) is 6.18 Å². The van der Waals surface area contributed by atoms with Gasteiger partial charge in [0.1, 0.15) is 6.10 Å². The van der Waals surface area contributed by atoms with Gasteiger partial charge < -0.3 is 5.11 Å². The number of pyridine rings is 1. The largest absolute Gasteiger partial charge is 0.416 e. The number of rotatable bonds is 2. The third-order valence-corrected chi connectivity index (χ3v) is 3.60. The van der Waals surface area contributed by atoms with Crippen molar-refractivity contribution in [1.82, 2.24) is 4.98 Å². The van der Waals surface area contributed by atoms with Gasteiger partial charge in [-0.2, -0.15) is 13.2 Å². The molecule has 2 heterocycles. The first-order valence-electron chi connectivity index (χ1n) is 4.84. The number of aromatic nitrogens is 1. The molecule has 0 radical (unpaired) electrons. The molecule has 7 heteroatoms. The van der Waals surface area contributed by atoms with E-state index in [1.165, 1.54) is 12.1 Å². The van der Waals surface area contributed by atoms with Crippen molar-refractivity contribution >= 4 is 22.9 Å². The molecule has 0 spiro atoms. The molecule has 2 nitrogen and oxygen atoms in total. The van der Waals surface area contributed by atoms with Crippen molar-refractivity contribution in [3.05, 3.63) is 50.9 Å². The lowest BCUT2D eigenvalue weighted by atomic mass is 10.0. The molecule has 0 aliphatic carbocycles. The average Bonchev–Trinajstić information content (AvgIpc) is 2.74. The average molecular weight is 294 g/mol. The maximum atomic E-state index is 12.8. The molecule has 1 unspecified atom stereocenters. The molecule has 0 amide bonds. The normalized spacial score (nSPS) is 13.6. The van der Waals surface area contributed by atoms with Gasteiger partial charge in [-0.3, -0.25) is 4.98 Å². The molecule has 2 aromatic rings. The molecule has 0 aromatic carbocycles. The monoisotopic (exact) mass is 293 g/mol. The van der Waals surface area contributed by atoms with Gasteiger partial charge in [-0.25, -0.2) is 0 Å². The van der Waals surface area contributed by atoms with Crippen LogP contribution in [0.4, 0.5) is 13.2 Å². The highest BCUT2D eigenvalue weighted by Gasteiger charge is 2.35. The Hall–Kier alpha value is -1.11. The Morgan fingerprint density at radius 2 is 2.00 bits per heavy atom. The molecule has 96 valence electrons. The van der Waals surface area contributed by atoms with Crippen molar-refractivity contribution in [2.45, 2.75) is 12.3 Å². The van der Waals surface area contributed by atoms with E-state index in [0.717, 1.165) is 29.8 Å². The molecule has 18 heavy (non-hydrogen) atoms. The van der Waals surface area contributed by atoms with E-state index in [0.29, 0.717) is 9.21 Å². The highest BCUT2D eigenvalue weighted by Crippen LogP contribution is 2.38. The Morgan fingerprint density at radius 1 is 1.28 bits per heavy atom. The fourth-order valence-electron chi connectivity index (χ4n) is 1.51. The number of aliphatic hydroxyl groups excluding tert-OH is 1. The Balaban J connectivity index is 2.45. The topological polar surface area (TPSA) is 33.1 Å². The minimum atomic E-state index is -4.53. The predicted molar refractivity (Wildman–Crippen MR) is 62.6 cm³/mol. The summed E-state index contributed by atoms with van der Waals surface area (Å²) < 4.78 is 38.7. The Kier molecular flexibility index (Phi) is 3.61. The van der Waals surface area contributed by atoms with E-state index >= 15 is 0 Å². The molecule has 1 N–H and O–H groups in total. The molecular formula is C11H7ClF3NOS. The second kappa shape index (κ2) is 4.87. The summed E-state index contributed by atoms with van der Waals surface area (Å²) in [5, 5.41) is 9.96. The van der Waals surface area contributed by atoms with Gasteiger partial charge in [0.15, 0.2) is 0 Å². The zero-order chi connectivity index (χ0) is 13.3. The van der Waals surface area contributed by atoms with E-state index < -0.39 is 17.8 Å². The van der Waals surface area contributed by atoms with Crippen LogP contribution in [0, 0.1) is 0 Å². The molecule has 0 bridgehead atoms. The molecule has 0 saturated carbocycles. The number of hydrogen-bond donors (Lipinski definition) is 1. The lowest BCUT2D eigenvalue weighted by molar-refractivity contribution is -0.139. The molecule has 2 aromatic heterocycles. The van der Waals surface area contributed by atoms with Gasteiger partial charge in [0.25, 0.3) is 0 Å². The number of thiophene rings is 1. The summed E-state index contributed by atoms with van der Waals surface area (Å²) in [6, 6.07) is 3.85. The fourth-order valence-corrected chi connectivity index (χ4v) is 2.58. The summed E-state index contributed by atoms with van der Waals surface area (Å²) in [5.74, 6) is 0. The summed E-state index contributed by atoms with van der Waals surface area (Å²) in [5.41, 5.74) is -1.17. The fraction of sp³-hybridized carbons (Fsp3) is 0.182. The smallest absolute Gasteiger partial charge is 0.383 e. The lowest BCUT2D eigenvalue weighted by Gasteiger charge is -2.15. The van der Waals surface area contributed by atoms with Crippen LogP contribution in [-0.4, -0.2) is 10.1 Å². The lowest BCUT2D eigenvalue weighted by Crippen LogP contribution is -2.12. The maximum absolute atomic E-state index is 12.8. The van der Waals surface area contributed by atoms with Crippen molar-refractivity contribution in [3.63, 3.8) is 0 Å². The predicted octanol–water partition coefficient (Wildman–Crippen LogP) is 3.90. The molecule has 0 fully saturated rings. The highest BCUT2D eigenvalue weighted by atomic mass is 35.5. The van der Waals surface area contributed by atoms with Gasteiger partial charge in [0, 0.05) is 22.8 Å². The van der Waals surface area contributed by atoms with E-state index in [1.807, 2.05) is 0 Å². The number of alkyl halides is 3. The second-order valence-electron chi connectivity index (χ2n) is 3.51. The first-order valence-corrected chi connectivity index (χ1v) is 6.03. The van der Waals surface area contributed by atoms with Gasteiger partial charge in [-0.15, -0.1) is 11.3 Å². The molecule has 2 rings (SSSR count). The van der Waals surface area contributed by atoms with Crippen LogP contribution in [0.5, 0.6) is 0 Å². The van der Waals surface area contributed by atoms with E-state index in [2.05, 4.69) is 4.98 Å². The summed E-state index contributed by atoms with van der Waals surface area (Å²) in [7, 11) is 0. The number of halogens is 4. The third kappa shape index (κ3) is 2.66. The van der Waals surface area contributed by atoms with Gasteiger partial charge in [-0.1, -0.05) is 11.6 Å². The summed E-state index contributed by atoms with van der Waals surface area (Å²) >= 11 is 6.72. The number of hydrogen-bond acceptors (Lipinski definition) is 3. The van der Waals surface area contributed by atoms with E-state index in [4.69, 9.17) is 11.6 Å². The van der Waals surface area contributed by atoms with Crippen LogP contribution in [0.2, 0.25) is 4.34 Å². The van der Waals surface area contributed by atoms with Gasteiger partial charge in [0.2, 0.25) is 0 Å². The van der Waals surface area contributed by atoms with Crippen molar-refractivity contribution < 1.29 is 18.3 Å². The minimum absolute atomic E-state index is 0.275. The highest BCUT2D eigenvalue weighted by molar-refractivity contribution is 7.16. The molecule has 0 saturated heterocycles. The molecule has 0 aliphatic rings. The van der Waals surface area contributed by atoms with Crippen molar-refractivity contribution in [3.8, 4) is 0 Å². The van der Waals surface area contributed by atoms with Crippen molar-refractivity contribution in [2.24, 2.45) is 0 Å².